The van der Waals surface area contributed by atoms with E-state index in [-0.39, 0.29) is 18.0 Å². The van der Waals surface area contributed by atoms with Crippen LogP contribution in [0.3, 0.4) is 0 Å². The Kier molecular flexibility index (Phi) is 5.94. The van der Waals surface area contributed by atoms with Crippen LogP contribution in [0.4, 0.5) is 0 Å². The zero-order valence-electron chi connectivity index (χ0n) is 13.8. The van der Waals surface area contributed by atoms with E-state index in [0.29, 0.717) is 25.4 Å². The second kappa shape index (κ2) is 7.94. The minimum atomic E-state index is -0.628. The van der Waals surface area contributed by atoms with Gasteiger partial charge in [0.05, 0.1) is 25.3 Å². The largest absolute Gasteiger partial charge is 0.503 e. The van der Waals surface area contributed by atoms with Gasteiger partial charge < -0.3 is 25.2 Å². The molecule has 0 bridgehead atoms. The number of aliphatic hydroxyl groups is 2. The average Bonchev–Trinajstić information content (AvgIpc) is 2.83. The van der Waals surface area contributed by atoms with Crippen LogP contribution in [0.2, 0.25) is 0 Å². The number of Topliss-reactive ketones (excluding diaryl/α,β-unsaturated/α-hetero) is 1. The number of carbonyl (C=O) groups excluding carboxylic acids is 2. The molecule has 0 fully saturated rings. The number of ether oxygens (including phenoxy) is 1. The fourth-order valence-corrected chi connectivity index (χ4v) is 2.78. The summed E-state index contributed by atoms with van der Waals surface area (Å²) >= 11 is 0. The topological polar surface area (TPSA) is 99.1 Å². The Balaban J connectivity index is 2.31. The number of nitrogens with one attached hydrogen (secondary N) is 1. The van der Waals surface area contributed by atoms with E-state index in [1.165, 1.54) is 11.8 Å². The molecule has 0 radical (unpaired) electrons. The van der Waals surface area contributed by atoms with Crippen LogP contribution < -0.4 is 10.1 Å². The number of hydrogen-bond acceptors (Lipinski definition) is 6. The number of rotatable bonds is 8. The van der Waals surface area contributed by atoms with Crippen LogP contribution in [0.25, 0.3) is 0 Å². The van der Waals surface area contributed by atoms with Gasteiger partial charge in [-0.05, 0) is 24.6 Å². The average molecular weight is 334 g/mol. The normalized spacial score (nSPS) is 17.5. The van der Waals surface area contributed by atoms with Gasteiger partial charge in [0.25, 0.3) is 5.91 Å². The van der Waals surface area contributed by atoms with Crippen molar-refractivity contribution in [1.82, 2.24) is 10.2 Å². The van der Waals surface area contributed by atoms with Crippen LogP contribution in [0.1, 0.15) is 18.5 Å². The zero-order valence-corrected chi connectivity index (χ0v) is 13.8. The van der Waals surface area contributed by atoms with Gasteiger partial charge in [0.1, 0.15) is 5.75 Å². The third kappa shape index (κ3) is 3.58. The Labute approximate surface area is 140 Å². The number of hydrogen-bond donors (Lipinski definition) is 3. The maximum absolute atomic E-state index is 12.4. The molecule has 1 aromatic carbocycles. The van der Waals surface area contributed by atoms with E-state index < -0.39 is 17.7 Å². The first kappa shape index (κ1) is 18.0. The lowest BCUT2D eigenvalue weighted by Crippen LogP contribution is -2.37. The van der Waals surface area contributed by atoms with E-state index >= 15 is 0 Å². The molecule has 1 heterocycles. The van der Waals surface area contributed by atoms with Gasteiger partial charge in [-0.1, -0.05) is 12.1 Å². The number of amides is 1. The minimum Gasteiger partial charge on any atom is -0.503 e. The van der Waals surface area contributed by atoms with Gasteiger partial charge in [-0.15, -0.1) is 0 Å². The second-order valence-electron chi connectivity index (χ2n) is 5.47. The van der Waals surface area contributed by atoms with Crippen molar-refractivity contribution >= 4 is 11.7 Å². The molecule has 1 aliphatic heterocycles. The molecule has 24 heavy (non-hydrogen) atoms. The summed E-state index contributed by atoms with van der Waals surface area (Å²) in [6, 6.07) is 6.40. The highest BCUT2D eigenvalue weighted by atomic mass is 16.5. The van der Waals surface area contributed by atoms with Crippen LogP contribution in [0, 0.1) is 0 Å². The molecular formula is C17H22N2O5. The van der Waals surface area contributed by atoms with Gasteiger partial charge in [-0.25, -0.2) is 0 Å². The molecule has 1 aliphatic rings. The summed E-state index contributed by atoms with van der Waals surface area (Å²) in [5.74, 6) is -0.735. The van der Waals surface area contributed by atoms with Crippen molar-refractivity contribution in [3.63, 3.8) is 0 Å². The van der Waals surface area contributed by atoms with E-state index in [1.807, 2.05) is 0 Å². The molecule has 7 nitrogen and oxygen atoms in total. The third-order valence-electron chi connectivity index (χ3n) is 3.93. The Morgan fingerprint density at radius 3 is 2.50 bits per heavy atom. The van der Waals surface area contributed by atoms with E-state index in [4.69, 9.17) is 9.84 Å². The summed E-state index contributed by atoms with van der Waals surface area (Å²) in [7, 11) is 1.56. The van der Waals surface area contributed by atoms with Crippen molar-refractivity contribution in [2.45, 2.75) is 13.0 Å². The number of ketones is 1. The SMILES string of the molecule is COc1ccc([C@@H]2C(C(C)=O)=C(O)C(=O)N2CCNCCO)cc1. The highest BCUT2D eigenvalue weighted by Crippen LogP contribution is 2.37. The predicted octanol–water partition coefficient (Wildman–Crippen LogP) is 0.562. The van der Waals surface area contributed by atoms with Crippen molar-refractivity contribution in [3.05, 3.63) is 41.2 Å². The van der Waals surface area contributed by atoms with E-state index in [0.717, 1.165) is 5.56 Å². The number of methoxy groups -OCH3 is 1. The van der Waals surface area contributed by atoms with E-state index in [9.17, 15) is 14.7 Å². The molecule has 0 aliphatic carbocycles. The van der Waals surface area contributed by atoms with Crippen LogP contribution in [0.15, 0.2) is 35.6 Å². The molecule has 3 N–H and O–H groups in total. The second-order valence-corrected chi connectivity index (χ2v) is 5.47. The summed E-state index contributed by atoms with van der Waals surface area (Å²) in [6.45, 7) is 2.49. The van der Waals surface area contributed by atoms with Crippen molar-refractivity contribution in [1.29, 1.82) is 0 Å². The summed E-state index contributed by atoms with van der Waals surface area (Å²) in [5, 5.41) is 21.9. The van der Waals surface area contributed by atoms with Crippen molar-refractivity contribution in [3.8, 4) is 5.75 Å². The third-order valence-corrected chi connectivity index (χ3v) is 3.93. The fraction of sp³-hybridized carbons (Fsp3) is 0.412. The maximum Gasteiger partial charge on any atom is 0.290 e. The van der Waals surface area contributed by atoms with Crippen LogP contribution in [0.5, 0.6) is 5.75 Å². The molecule has 1 atom stereocenters. The molecule has 0 aromatic heterocycles. The first-order valence-corrected chi connectivity index (χ1v) is 7.71. The molecule has 2 rings (SSSR count). The Morgan fingerprint density at radius 2 is 1.96 bits per heavy atom. The van der Waals surface area contributed by atoms with Crippen molar-refractivity contribution in [2.75, 3.05) is 33.4 Å². The molecular weight excluding hydrogens is 312 g/mol. The van der Waals surface area contributed by atoms with E-state index in [2.05, 4.69) is 5.32 Å². The fourth-order valence-electron chi connectivity index (χ4n) is 2.78. The van der Waals surface area contributed by atoms with Gasteiger partial charge in [0, 0.05) is 19.6 Å². The minimum absolute atomic E-state index is 0.00193. The lowest BCUT2D eigenvalue weighted by Gasteiger charge is -2.26. The van der Waals surface area contributed by atoms with E-state index in [1.54, 1.807) is 31.4 Å². The number of benzene rings is 1. The number of nitrogens with zero attached hydrogens (tertiary/aromatic N) is 1. The molecule has 0 unspecified atom stereocenters. The standard InChI is InChI=1S/C17H22N2O5/c1-11(21)14-15(12-3-5-13(24-2)6-4-12)19(17(23)16(14)22)9-7-18-8-10-20/h3-6,15,18,20,22H,7-10H2,1-2H3/t15-/m1/s1. The summed E-state index contributed by atoms with van der Waals surface area (Å²) in [6.07, 6.45) is 0. The molecule has 0 spiro atoms. The predicted molar refractivity (Wildman–Crippen MR) is 87.7 cm³/mol. The highest BCUT2D eigenvalue weighted by Gasteiger charge is 2.41. The smallest absolute Gasteiger partial charge is 0.290 e. The first-order chi connectivity index (χ1) is 11.5. The molecule has 1 amide bonds. The van der Waals surface area contributed by atoms with Gasteiger partial charge in [0.2, 0.25) is 0 Å². The summed E-state index contributed by atoms with van der Waals surface area (Å²) < 4.78 is 5.12. The van der Waals surface area contributed by atoms with Crippen LogP contribution in [-0.4, -0.2) is 60.2 Å². The highest BCUT2D eigenvalue weighted by molar-refractivity contribution is 6.08. The van der Waals surface area contributed by atoms with Gasteiger partial charge >= 0.3 is 0 Å². The summed E-state index contributed by atoms with van der Waals surface area (Å²) in [5.41, 5.74) is 0.827. The Hall–Kier alpha value is -2.38. The van der Waals surface area contributed by atoms with Crippen LogP contribution in [-0.2, 0) is 9.59 Å². The quantitative estimate of drug-likeness (QED) is 0.601. The van der Waals surface area contributed by atoms with Gasteiger partial charge in [-0.3, -0.25) is 9.59 Å². The van der Waals surface area contributed by atoms with Crippen molar-refractivity contribution in [2.24, 2.45) is 0 Å². The molecule has 130 valence electrons. The maximum atomic E-state index is 12.4. The molecule has 1 aromatic rings. The lowest BCUT2D eigenvalue weighted by molar-refractivity contribution is -0.129. The number of aliphatic hydroxyl groups excluding tert-OH is 2. The Morgan fingerprint density at radius 1 is 1.29 bits per heavy atom. The summed E-state index contributed by atoms with van der Waals surface area (Å²) in [4.78, 5) is 25.8. The first-order valence-electron chi connectivity index (χ1n) is 7.71. The monoisotopic (exact) mass is 334 g/mol. The van der Waals surface area contributed by atoms with Crippen molar-refractivity contribution < 1.29 is 24.5 Å². The molecule has 0 saturated heterocycles. The lowest BCUT2D eigenvalue weighted by atomic mass is 9.96. The van der Waals surface area contributed by atoms with Crippen LogP contribution >= 0.6 is 0 Å². The van der Waals surface area contributed by atoms with Gasteiger partial charge in [-0.2, -0.15) is 0 Å². The molecule has 7 heteroatoms. The zero-order chi connectivity index (χ0) is 17.7. The number of carbonyl (C=O) groups is 2. The van der Waals surface area contributed by atoms with Gasteiger partial charge in [0.15, 0.2) is 11.5 Å². The molecule has 0 saturated carbocycles. The Bertz CT molecular complexity index is 639.